The number of aromatic nitrogens is 2. The van der Waals surface area contributed by atoms with Gasteiger partial charge in [-0.25, -0.2) is 15.1 Å². The fourth-order valence-electron chi connectivity index (χ4n) is 2.83. The van der Waals surface area contributed by atoms with Crippen LogP contribution in [0.25, 0.3) is 0 Å². The van der Waals surface area contributed by atoms with Crippen LogP contribution in [0.5, 0.6) is 0 Å². The lowest BCUT2D eigenvalue weighted by Crippen LogP contribution is -2.52. The molecule has 1 fully saturated rings. The van der Waals surface area contributed by atoms with Gasteiger partial charge < -0.3 is 15.3 Å². The third-order valence-electron chi connectivity index (χ3n) is 4.11. The predicted octanol–water partition coefficient (Wildman–Crippen LogP) is -1.48. The Balaban J connectivity index is 0.00000208. The van der Waals surface area contributed by atoms with Crippen molar-refractivity contribution in [3.8, 4) is 0 Å². The van der Waals surface area contributed by atoms with E-state index in [1.807, 2.05) is 4.90 Å². The molecular formula is C12H19ClN6O4S. The van der Waals surface area contributed by atoms with E-state index in [9.17, 15) is 18.3 Å². The standard InChI is InChI=1S/C12H18N6O4S.ClH/c13-23(21,22)16-6-12(20)1-3-18(4-2-12)11-8-5-9(19)17-10(8)14-7-15-11;/h7,16,20H,1-6H2,(H2,13,21,22)(H,14,15,17,19);1H. The maximum absolute atomic E-state index is 11.5. The molecule has 0 bridgehead atoms. The average molecular weight is 379 g/mol. The Morgan fingerprint density at radius 2 is 2.04 bits per heavy atom. The van der Waals surface area contributed by atoms with Gasteiger partial charge in [-0.15, -0.1) is 12.4 Å². The van der Waals surface area contributed by atoms with Gasteiger partial charge in [-0.2, -0.15) is 13.1 Å². The molecule has 0 radical (unpaired) electrons. The first kappa shape index (κ1) is 18.8. The van der Waals surface area contributed by atoms with Crippen LogP contribution < -0.4 is 20.1 Å². The lowest BCUT2D eigenvalue weighted by atomic mass is 9.91. The Morgan fingerprint density at radius 1 is 1.38 bits per heavy atom. The molecule has 5 N–H and O–H groups in total. The van der Waals surface area contributed by atoms with E-state index in [0.29, 0.717) is 37.6 Å². The molecule has 10 nitrogen and oxygen atoms in total. The number of nitrogens with two attached hydrogens (primary N) is 1. The second kappa shape index (κ2) is 6.76. The number of aliphatic hydroxyl groups is 1. The number of fused-ring (bicyclic) bond motifs is 1. The number of carbonyl (C=O) groups excluding carboxylic acids is 1. The summed E-state index contributed by atoms with van der Waals surface area (Å²) in [7, 11) is -3.83. The molecule has 0 aromatic carbocycles. The van der Waals surface area contributed by atoms with Crippen molar-refractivity contribution in [2.45, 2.75) is 24.9 Å². The third kappa shape index (κ3) is 4.11. The van der Waals surface area contributed by atoms with Crippen molar-refractivity contribution in [1.29, 1.82) is 0 Å². The van der Waals surface area contributed by atoms with Crippen molar-refractivity contribution >= 4 is 40.2 Å². The van der Waals surface area contributed by atoms with Crippen LogP contribution in [0, 0.1) is 0 Å². The fourth-order valence-corrected chi connectivity index (χ4v) is 3.30. The summed E-state index contributed by atoms with van der Waals surface area (Å²) < 4.78 is 24.0. The molecular weight excluding hydrogens is 360 g/mol. The van der Waals surface area contributed by atoms with Crippen molar-refractivity contribution in [1.82, 2.24) is 14.7 Å². The Morgan fingerprint density at radius 3 is 2.67 bits per heavy atom. The highest BCUT2D eigenvalue weighted by atomic mass is 35.5. The quantitative estimate of drug-likeness (QED) is 0.498. The molecule has 0 aliphatic carbocycles. The van der Waals surface area contributed by atoms with E-state index in [4.69, 9.17) is 5.14 Å². The molecule has 2 aliphatic rings. The number of halogens is 1. The van der Waals surface area contributed by atoms with E-state index in [2.05, 4.69) is 20.0 Å². The predicted molar refractivity (Wildman–Crippen MR) is 89.1 cm³/mol. The zero-order valence-corrected chi connectivity index (χ0v) is 14.4. The van der Waals surface area contributed by atoms with E-state index >= 15 is 0 Å². The number of hydrogen-bond acceptors (Lipinski definition) is 7. The van der Waals surface area contributed by atoms with Gasteiger partial charge in [0.2, 0.25) is 5.91 Å². The summed E-state index contributed by atoms with van der Waals surface area (Å²) in [6.07, 6.45) is 2.34. The molecule has 0 unspecified atom stereocenters. The van der Waals surface area contributed by atoms with Crippen molar-refractivity contribution in [3.05, 3.63) is 11.9 Å². The van der Waals surface area contributed by atoms with E-state index in [0.717, 1.165) is 5.56 Å². The Labute approximate surface area is 145 Å². The van der Waals surface area contributed by atoms with Crippen LogP contribution in [0.2, 0.25) is 0 Å². The van der Waals surface area contributed by atoms with Gasteiger partial charge in [0.1, 0.15) is 18.0 Å². The minimum atomic E-state index is -3.83. The first-order valence-electron chi connectivity index (χ1n) is 7.14. The molecule has 0 spiro atoms. The third-order valence-corrected chi connectivity index (χ3v) is 4.66. The first-order chi connectivity index (χ1) is 10.8. The Bertz CT molecular complexity index is 735. The van der Waals surface area contributed by atoms with Gasteiger partial charge in [0.05, 0.1) is 12.0 Å². The molecule has 3 heterocycles. The van der Waals surface area contributed by atoms with Gasteiger partial charge in [0, 0.05) is 25.2 Å². The zero-order chi connectivity index (χ0) is 16.7. The summed E-state index contributed by atoms with van der Waals surface area (Å²) in [5, 5.41) is 18.0. The number of anilines is 2. The molecule has 0 atom stereocenters. The van der Waals surface area contributed by atoms with Gasteiger partial charge in [0.25, 0.3) is 10.2 Å². The van der Waals surface area contributed by atoms with Crippen LogP contribution in [0.4, 0.5) is 11.6 Å². The molecule has 1 saturated heterocycles. The normalized spacial score (nSPS) is 19.4. The molecule has 1 amide bonds. The number of nitrogens with one attached hydrogen (secondary N) is 2. The summed E-state index contributed by atoms with van der Waals surface area (Å²) in [5.74, 6) is 1.08. The van der Waals surface area contributed by atoms with Gasteiger partial charge >= 0.3 is 0 Å². The number of carbonyl (C=O) groups is 1. The molecule has 134 valence electrons. The summed E-state index contributed by atoms with van der Waals surface area (Å²) in [5.41, 5.74) is -0.390. The van der Waals surface area contributed by atoms with Gasteiger partial charge in [-0.05, 0) is 12.8 Å². The minimum Gasteiger partial charge on any atom is -0.388 e. The number of piperidine rings is 1. The molecule has 3 rings (SSSR count). The van der Waals surface area contributed by atoms with E-state index in [1.165, 1.54) is 6.33 Å². The van der Waals surface area contributed by atoms with Crippen LogP contribution >= 0.6 is 12.4 Å². The van der Waals surface area contributed by atoms with Gasteiger partial charge in [-0.1, -0.05) is 0 Å². The summed E-state index contributed by atoms with van der Waals surface area (Å²) in [6.45, 7) is 0.850. The van der Waals surface area contributed by atoms with E-state index in [-0.39, 0.29) is 31.3 Å². The maximum atomic E-state index is 11.5. The van der Waals surface area contributed by atoms with Crippen LogP contribution in [0.1, 0.15) is 18.4 Å². The number of rotatable bonds is 4. The lowest BCUT2D eigenvalue weighted by molar-refractivity contribution is -0.115. The van der Waals surface area contributed by atoms with Gasteiger partial charge in [-0.3, -0.25) is 4.79 Å². The molecule has 12 heteroatoms. The van der Waals surface area contributed by atoms with E-state index < -0.39 is 15.8 Å². The largest absolute Gasteiger partial charge is 0.388 e. The zero-order valence-electron chi connectivity index (χ0n) is 12.7. The molecule has 1 aromatic heterocycles. The molecule has 0 saturated carbocycles. The Hall–Kier alpha value is -1.53. The maximum Gasteiger partial charge on any atom is 0.274 e. The first-order valence-corrected chi connectivity index (χ1v) is 8.69. The molecule has 1 aromatic rings. The molecule has 2 aliphatic heterocycles. The molecule has 24 heavy (non-hydrogen) atoms. The van der Waals surface area contributed by atoms with Crippen molar-refractivity contribution in [3.63, 3.8) is 0 Å². The van der Waals surface area contributed by atoms with Crippen molar-refractivity contribution < 1.29 is 18.3 Å². The highest BCUT2D eigenvalue weighted by Gasteiger charge is 2.35. The van der Waals surface area contributed by atoms with Crippen molar-refractivity contribution in [2.24, 2.45) is 5.14 Å². The highest BCUT2D eigenvalue weighted by Crippen LogP contribution is 2.32. The number of hydrogen-bond donors (Lipinski definition) is 4. The smallest absolute Gasteiger partial charge is 0.274 e. The van der Waals surface area contributed by atoms with Crippen LogP contribution in [0.15, 0.2) is 6.33 Å². The van der Waals surface area contributed by atoms with E-state index in [1.54, 1.807) is 0 Å². The van der Waals surface area contributed by atoms with Crippen molar-refractivity contribution in [2.75, 3.05) is 29.9 Å². The fraction of sp³-hybridized carbons (Fsp3) is 0.583. The second-order valence-electron chi connectivity index (χ2n) is 5.83. The minimum absolute atomic E-state index is 0. The SMILES string of the molecule is Cl.NS(=O)(=O)NCC1(O)CCN(c2ncnc3c2CC(=O)N3)CC1. The number of nitrogens with zero attached hydrogens (tertiary/aromatic N) is 3. The van der Waals surface area contributed by atoms with Crippen LogP contribution in [0.3, 0.4) is 0 Å². The number of amides is 1. The van der Waals surface area contributed by atoms with Crippen LogP contribution in [-0.4, -0.2) is 54.6 Å². The van der Waals surface area contributed by atoms with Gasteiger partial charge in [0.15, 0.2) is 0 Å². The topological polar surface area (TPSA) is 151 Å². The summed E-state index contributed by atoms with van der Waals surface area (Å²) in [6, 6.07) is 0. The lowest BCUT2D eigenvalue weighted by Gasteiger charge is -2.39. The summed E-state index contributed by atoms with van der Waals surface area (Å²) >= 11 is 0. The monoisotopic (exact) mass is 378 g/mol. The summed E-state index contributed by atoms with van der Waals surface area (Å²) in [4.78, 5) is 21.8. The second-order valence-corrected chi connectivity index (χ2v) is 7.21. The average Bonchev–Trinajstić information content (AvgIpc) is 2.86. The Kier molecular flexibility index (Phi) is 5.30. The highest BCUT2D eigenvalue weighted by molar-refractivity contribution is 7.87. The van der Waals surface area contributed by atoms with Crippen LogP contribution in [-0.2, 0) is 21.4 Å².